The van der Waals surface area contributed by atoms with Gasteiger partial charge >= 0.3 is 0 Å². The first-order valence-corrected chi connectivity index (χ1v) is 12.9. The standard InChI is InChI=1S/C28H29Cl3N2O3/c1-3-19(2)32-28(35)25(15-20-9-5-4-6-10-20)33(17-21-11-7-8-12-23(21)30)27(34)18-36-26-14-13-22(29)16-24(26)31/h4-14,16,19,25H,3,15,17-18H2,1-2H3,(H,32,35)/t19-,25-/m1/s1. The highest BCUT2D eigenvalue weighted by molar-refractivity contribution is 6.35. The summed E-state index contributed by atoms with van der Waals surface area (Å²) in [4.78, 5) is 28.6. The predicted molar refractivity (Wildman–Crippen MR) is 146 cm³/mol. The number of ether oxygens (including phenoxy) is 1. The Balaban J connectivity index is 1.93. The summed E-state index contributed by atoms with van der Waals surface area (Å²) in [6.07, 6.45) is 1.10. The first kappa shape index (κ1) is 27.9. The Hall–Kier alpha value is -2.73. The van der Waals surface area contributed by atoms with Crippen molar-refractivity contribution in [3.63, 3.8) is 0 Å². The summed E-state index contributed by atoms with van der Waals surface area (Å²) in [5.41, 5.74) is 1.66. The third-order valence-corrected chi connectivity index (χ3v) is 6.71. The fraction of sp³-hybridized carbons (Fsp3) is 0.286. The summed E-state index contributed by atoms with van der Waals surface area (Å²) in [6.45, 7) is 3.76. The lowest BCUT2D eigenvalue weighted by Gasteiger charge is -2.32. The van der Waals surface area contributed by atoms with Gasteiger partial charge in [-0.2, -0.15) is 0 Å². The van der Waals surface area contributed by atoms with Crippen LogP contribution in [-0.2, 0) is 22.6 Å². The number of carbonyl (C=O) groups is 2. The lowest BCUT2D eigenvalue weighted by molar-refractivity contribution is -0.143. The molecule has 0 radical (unpaired) electrons. The second-order valence-electron chi connectivity index (χ2n) is 8.50. The minimum Gasteiger partial charge on any atom is -0.482 e. The molecule has 0 aliphatic heterocycles. The third kappa shape index (κ3) is 7.89. The van der Waals surface area contributed by atoms with Crippen LogP contribution in [0.15, 0.2) is 72.8 Å². The van der Waals surface area contributed by atoms with E-state index in [0.29, 0.717) is 27.2 Å². The Bertz CT molecular complexity index is 1170. The number of hydrogen-bond donors (Lipinski definition) is 1. The van der Waals surface area contributed by atoms with Crippen molar-refractivity contribution in [1.29, 1.82) is 0 Å². The monoisotopic (exact) mass is 546 g/mol. The molecule has 0 aromatic heterocycles. The van der Waals surface area contributed by atoms with E-state index in [-0.39, 0.29) is 31.0 Å². The number of halogens is 3. The maximum atomic E-state index is 13.6. The molecule has 36 heavy (non-hydrogen) atoms. The van der Waals surface area contributed by atoms with Gasteiger partial charge in [0.25, 0.3) is 5.91 Å². The van der Waals surface area contributed by atoms with Crippen LogP contribution in [0, 0.1) is 0 Å². The minimum absolute atomic E-state index is 0.0443. The van der Waals surface area contributed by atoms with Gasteiger partial charge in [0.2, 0.25) is 5.91 Å². The third-order valence-electron chi connectivity index (χ3n) is 5.82. The van der Waals surface area contributed by atoms with E-state index in [1.807, 2.05) is 62.4 Å². The molecule has 0 bridgehead atoms. The second-order valence-corrected chi connectivity index (χ2v) is 9.75. The van der Waals surface area contributed by atoms with Crippen molar-refractivity contribution in [3.05, 3.63) is 99.0 Å². The maximum Gasteiger partial charge on any atom is 0.261 e. The molecule has 0 unspecified atom stereocenters. The van der Waals surface area contributed by atoms with Crippen molar-refractivity contribution >= 4 is 46.6 Å². The van der Waals surface area contributed by atoms with Crippen LogP contribution in [0.1, 0.15) is 31.4 Å². The molecule has 0 heterocycles. The number of rotatable bonds is 11. The molecule has 5 nitrogen and oxygen atoms in total. The zero-order valence-corrected chi connectivity index (χ0v) is 22.5. The molecule has 0 fully saturated rings. The quantitative estimate of drug-likeness (QED) is 0.295. The van der Waals surface area contributed by atoms with Gasteiger partial charge in [-0.1, -0.05) is 90.3 Å². The minimum atomic E-state index is -0.783. The van der Waals surface area contributed by atoms with Crippen molar-refractivity contribution in [2.75, 3.05) is 6.61 Å². The summed E-state index contributed by atoms with van der Waals surface area (Å²) in [5.74, 6) is -0.282. The van der Waals surface area contributed by atoms with Crippen molar-refractivity contribution in [1.82, 2.24) is 10.2 Å². The molecule has 1 N–H and O–H groups in total. The maximum absolute atomic E-state index is 13.6. The molecule has 3 aromatic carbocycles. The van der Waals surface area contributed by atoms with E-state index in [1.54, 1.807) is 24.3 Å². The molecule has 0 saturated heterocycles. The van der Waals surface area contributed by atoms with E-state index in [2.05, 4.69) is 5.32 Å². The van der Waals surface area contributed by atoms with Crippen LogP contribution in [0.5, 0.6) is 5.75 Å². The Morgan fingerprint density at radius 2 is 1.64 bits per heavy atom. The zero-order chi connectivity index (χ0) is 26.1. The van der Waals surface area contributed by atoms with Crippen LogP contribution in [0.25, 0.3) is 0 Å². The van der Waals surface area contributed by atoms with Gasteiger partial charge in [0.1, 0.15) is 11.8 Å². The summed E-state index contributed by atoms with van der Waals surface area (Å²) < 4.78 is 5.74. The van der Waals surface area contributed by atoms with Gasteiger partial charge in [-0.25, -0.2) is 0 Å². The molecular weight excluding hydrogens is 519 g/mol. The van der Waals surface area contributed by atoms with Gasteiger partial charge in [0.05, 0.1) is 5.02 Å². The average Bonchev–Trinajstić information content (AvgIpc) is 2.87. The van der Waals surface area contributed by atoms with Crippen molar-refractivity contribution in [3.8, 4) is 5.75 Å². The molecule has 0 aliphatic rings. The second kappa shape index (κ2) is 13.5. The van der Waals surface area contributed by atoms with E-state index in [4.69, 9.17) is 39.5 Å². The fourth-order valence-corrected chi connectivity index (χ4v) is 4.28. The molecule has 190 valence electrons. The average molecular weight is 548 g/mol. The molecule has 0 spiro atoms. The normalized spacial score (nSPS) is 12.5. The van der Waals surface area contributed by atoms with E-state index in [9.17, 15) is 9.59 Å². The van der Waals surface area contributed by atoms with Crippen LogP contribution < -0.4 is 10.1 Å². The van der Waals surface area contributed by atoms with Gasteiger partial charge in [-0.3, -0.25) is 9.59 Å². The van der Waals surface area contributed by atoms with Crippen LogP contribution in [0.2, 0.25) is 15.1 Å². The van der Waals surface area contributed by atoms with Crippen molar-refractivity contribution < 1.29 is 14.3 Å². The van der Waals surface area contributed by atoms with Crippen molar-refractivity contribution in [2.45, 2.75) is 45.3 Å². The van der Waals surface area contributed by atoms with E-state index >= 15 is 0 Å². The molecule has 8 heteroatoms. The highest BCUT2D eigenvalue weighted by atomic mass is 35.5. The first-order chi connectivity index (χ1) is 17.3. The van der Waals surface area contributed by atoms with Gasteiger partial charge in [-0.05, 0) is 48.7 Å². The Morgan fingerprint density at radius 3 is 2.31 bits per heavy atom. The van der Waals surface area contributed by atoms with Crippen LogP contribution in [0.4, 0.5) is 0 Å². The number of benzene rings is 3. The molecular formula is C28H29Cl3N2O3. The molecule has 0 aliphatic carbocycles. The fourth-order valence-electron chi connectivity index (χ4n) is 3.62. The number of nitrogens with one attached hydrogen (secondary N) is 1. The number of carbonyl (C=O) groups excluding carboxylic acids is 2. The number of nitrogens with zero attached hydrogens (tertiary/aromatic N) is 1. The largest absolute Gasteiger partial charge is 0.482 e. The number of amides is 2. The van der Waals surface area contributed by atoms with Crippen LogP contribution >= 0.6 is 34.8 Å². The molecule has 2 amide bonds. The summed E-state index contributed by atoms with van der Waals surface area (Å²) in [6, 6.07) is 20.8. The number of hydrogen-bond acceptors (Lipinski definition) is 3. The van der Waals surface area contributed by atoms with Gasteiger partial charge in [0.15, 0.2) is 6.61 Å². The van der Waals surface area contributed by atoms with E-state index < -0.39 is 6.04 Å². The van der Waals surface area contributed by atoms with Crippen molar-refractivity contribution in [2.24, 2.45) is 0 Å². The summed E-state index contributed by atoms with van der Waals surface area (Å²) in [7, 11) is 0. The Labute approximate surface area is 227 Å². The lowest BCUT2D eigenvalue weighted by atomic mass is 10.0. The first-order valence-electron chi connectivity index (χ1n) is 11.7. The van der Waals surface area contributed by atoms with Gasteiger partial charge in [-0.15, -0.1) is 0 Å². The summed E-state index contributed by atoms with van der Waals surface area (Å²) in [5, 5.41) is 4.30. The smallest absolute Gasteiger partial charge is 0.261 e. The van der Waals surface area contributed by atoms with Crippen LogP contribution in [-0.4, -0.2) is 35.4 Å². The molecule has 3 rings (SSSR count). The summed E-state index contributed by atoms with van der Waals surface area (Å²) >= 11 is 18.6. The van der Waals surface area contributed by atoms with Gasteiger partial charge < -0.3 is 15.0 Å². The lowest BCUT2D eigenvalue weighted by Crippen LogP contribution is -2.53. The highest BCUT2D eigenvalue weighted by Crippen LogP contribution is 2.28. The zero-order valence-electron chi connectivity index (χ0n) is 20.2. The van der Waals surface area contributed by atoms with Gasteiger partial charge in [0, 0.05) is 29.1 Å². The predicted octanol–water partition coefficient (Wildman–Crippen LogP) is 6.58. The Morgan fingerprint density at radius 1 is 0.944 bits per heavy atom. The topological polar surface area (TPSA) is 58.6 Å². The van der Waals surface area contributed by atoms with E-state index in [0.717, 1.165) is 17.5 Å². The SMILES string of the molecule is CC[C@@H](C)NC(=O)[C@@H](Cc1ccccc1)N(Cc1ccccc1Cl)C(=O)COc1ccc(Cl)cc1Cl. The molecule has 2 atom stereocenters. The van der Waals surface area contributed by atoms with Crippen LogP contribution in [0.3, 0.4) is 0 Å². The van der Waals surface area contributed by atoms with E-state index in [1.165, 1.54) is 4.90 Å². The highest BCUT2D eigenvalue weighted by Gasteiger charge is 2.31. The Kier molecular flexibility index (Phi) is 10.5. The molecule has 3 aromatic rings. The molecule has 0 saturated carbocycles.